The van der Waals surface area contributed by atoms with Gasteiger partial charge in [-0.25, -0.2) is 0 Å². The van der Waals surface area contributed by atoms with Crippen molar-refractivity contribution in [1.29, 1.82) is 0 Å². The minimum Gasteiger partial charge on any atom is -0.396 e. The van der Waals surface area contributed by atoms with Crippen molar-refractivity contribution in [1.82, 2.24) is 4.90 Å². The molecule has 0 bridgehead atoms. The zero-order valence-electron chi connectivity index (χ0n) is 15.8. The molecule has 1 aromatic carbocycles. The molecule has 1 aliphatic rings. The van der Waals surface area contributed by atoms with Crippen molar-refractivity contribution in [3.8, 4) is 11.8 Å². The van der Waals surface area contributed by atoms with Crippen LogP contribution in [0.15, 0.2) is 24.3 Å². The summed E-state index contributed by atoms with van der Waals surface area (Å²) in [6.45, 7) is 5.97. The van der Waals surface area contributed by atoms with Crippen molar-refractivity contribution >= 4 is 5.91 Å². The van der Waals surface area contributed by atoms with Crippen LogP contribution in [-0.4, -0.2) is 57.5 Å². The van der Waals surface area contributed by atoms with Crippen LogP contribution in [-0.2, 0) is 0 Å². The van der Waals surface area contributed by atoms with Gasteiger partial charge in [0.05, 0.1) is 12.7 Å². The fraction of sp³-hybridized carbons (Fsp3) is 0.571. The van der Waals surface area contributed by atoms with E-state index in [-0.39, 0.29) is 19.1 Å². The second kappa shape index (κ2) is 8.22. The van der Waals surface area contributed by atoms with Gasteiger partial charge in [-0.15, -0.1) is 0 Å². The van der Waals surface area contributed by atoms with Crippen LogP contribution < -0.4 is 0 Å². The number of amides is 1. The van der Waals surface area contributed by atoms with Crippen LogP contribution in [0.3, 0.4) is 0 Å². The lowest BCUT2D eigenvalue weighted by atomic mass is 9.73. The number of hydrogen-bond donors (Lipinski definition) is 3. The third-order valence-corrected chi connectivity index (χ3v) is 4.97. The number of benzene rings is 1. The fourth-order valence-electron chi connectivity index (χ4n) is 3.36. The third-order valence-electron chi connectivity index (χ3n) is 4.97. The first-order valence-corrected chi connectivity index (χ1v) is 9.14. The summed E-state index contributed by atoms with van der Waals surface area (Å²) < 4.78 is 0. The predicted octanol–water partition coefficient (Wildman–Crippen LogP) is 1.79. The van der Waals surface area contributed by atoms with Gasteiger partial charge in [-0.1, -0.05) is 25.2 Å². The lowest BCUT2D eigenvalue weighted by Crippen LogP contribution is -2.54. The molecule has 1 aromatic rings. The summed E-state index contributed by atoms with van der Waals surface area (Å²) in [6.07, 6.45) is 1.52. The first kappa shape index (κ1) is 20.4. The zero-order chi connectivity index (χ0) is 19.4. The SMILES string of the molecule is CCC[C@]1(CO)CCN(C(=O)c2ccc(C#CC(C)(C)O)cc2)C[C@H]1O. The Kier molecular flexibility index (Phi) is 6.46. The molecule has 142 valence electrons. The Hall–Kier alpha value is -1.87. The first-order valence-electron chi connectivity index (χ1n) is 9.14. The molecule has 1 saturated heterocycles. The number of carbonyl (C=O) groups is 1. The molecule has 1 heterocycles. The number of likely N-dealkylation sites (tertiary alicyclic amines) is 1. The Labute approximate surface area is 155 Å². The molecule has 5 nitrogen and oxygen atoms in total. The van der Waals surface area contributed by atoms with E-state index in [9.17, 15) is 20.1 Å². The minimum absolute atomic E-state index is 0.0569. The average molecular weight is 359 g/mol. The van der Waals surface area contributed by atoms with Gasteiger partial charge in [-0.05, 0) is 51.0 Å². The highest BCUT2D eigenvalue weighted by Crippen LogP contribution is 2.36. The van der Waals surface area contributed by atoms with E-state index in [0.29, 0.717) is 18.5 Å². The van der Waals surface area contributed by atoms with Crippen LogP contribution in [0, 0.1) is 17.3 Å². The van der Waals surface area contributed by atoms with Crippen LogP contribution in [0.25, 0.3) is 0 Å². The summed E-state index contributed by atoms with van der Waals surface area (Å²) in [5.74, 6) is 5.48. The molecule has 0 spiro atoms. The number of β-amino-alcohol motifs (C(OH)–C–C–N with tert-alkyl or cyclic N) is 1. The molecular formula is C21H29NO4. The van der Waals surface area contributed by atoms with Gasteiger partial charge >= 0.3 is 0 Å². The zero-order valence-corrected chi connectivity index (χ0v) is 15.8. The first-order chi connectivity index (χ1) is 12.2. The molecule has 1 amide bonds. The standard InChI is InChI=1S/C21H29NO4/c1-4-10-21(15-23)12-13-22(14-18(21)24)19(25)17-7-5-16(6-8-17)9-11-20(2,3)26/h5-8,18,23-24,26H,4,10,12-15H2,1-3H3/t18-,21-/m1/s1. The molecule has 1 aliphatic heterocycles. The topological polar surface area (TPSA) is 81.0 Å². The molecule has 5 heteroatoms. The largest absolute Gasteiger partial charge is 0.396 e. The van der Waals surface area contributed by atoms with Crippen molar-refractivity contribution in [2.24, 2.45) is 5.41 Å². The summed E-state index contributed by atoms with van der Waals surface area (Å²) in [7, 11) is 0. The lowest BCUT2D eigenvalue weighted by molar-refractivity contribution is -0.0713. The molecule has 26 heavy (non-hydrogen) atoms. The van der Waals surface area contributed by atoms with Crippen LogP contribution in [0.1, 0.15) is 56.0 Å². The number of aliphatic hydroxyl groups excluding tert-OH is 2. The quantitative estimate of drug-likeness (QED) is 0.716. The summed E-state index contributed by atoms with van der Waals surface area (Å²) in [5.41, 5.74) is -0.291. The molecule has 3 N–H and O–H groups in total. The van der Waals surface area contributed by atoms with E-state index >= 15 is 0 Å². The summed E-state index contributed by atoms with van der Waals surface area (Å²) in [4.78, 5) is 14.4. The number of carbonyl (C=O) groups excluding carboxylic acids is 1. The van der Waals surface area contributed by atoms with Crippen LogP contribution in [0.4, 0.5) is 0 Å². The highest BCUT2D eigenvalue weighted by molar-refractivity contribution is 5.94. The molecule has 0 unspecified atom stereocenters. The fourth-order valence-corrected chi connectivity index (χ4v) is 3.36. The molecule has 0 aromatic heterocycles. The molecule has 1 fully saturated rings. The van der Waals surface area contributed by atoms with Crippen molar-refractivity contribution in [2.45, 2.75) is 51.7 Å². The Morgan fingerprint density at radius 3 is 2.50 bits per heavy atom. The number of nitrogens with zero attached hydrogens (tertiary/aromatic N) is 1. The average Bonchev–Trinajstić information content (AvgIpc) is 2.61. The van der Waals surface area contributed by atoms with E-state index < -0.39 is 17.1 Å². The second-order valence-corrected chi connectivity index (χ2v) is 7.67. The predicted molar refractivity (Wildman–Crippen MR) is 101 cm³/mol. The van der Waals surface area contributed by atoms with Gasteiger partial charge in [0.25, 0.3) is 5.91 Å². The molecule has 0 radical (unpaired) electrons. The van der Waals surface area contributed by atoms with E-state index in [1.807, 2.05) is 6.92 Å². The van der Waals surface area contributed by atoms with Crippen molar-refractivity contribution < 1.29 is 20.1 Å². The van der Waals surface area contributed by atoms with Crippen LogP contribution in [0.2, 0.25) is 0 Å². The number of rotatable bonds is 4. The van der Waals surface area contributed by atoms with Gasteiger partial charge in [-0.2, -0.15) is 0 Å². The molecule has 0 saturated carbocycles. The summed E-state index contributed by atoms with van der Waals surface area (Å²) in [6, 6.07) is 6.93. The number of piperidine rings is 1. The number of hydrogen-bond acceptors (Lipinski definition) is 4. The molecule has 0 aliphatic carbocycles. The lowest BCUT2D eigenvalue weighted by Gasteiger charge is -2.44. The van der Waals surface area contributed by atoms with Crippen molar-refractivity contribution in [3.05, 3.63) is 35.4 Å². The Balaban J connectivity index is 2.07. The van der Waals surface area contributed by atoms with E-state index in [2.05, 4.69) is 11.8 Å². The van der Waals surface area contributed by atoms with Gasteiger partial charge in [0, 0.05) is 29.6 Å². The second-order valence-electron chi connectivity index (χ2n) is 7.67. The maximum atomic E-state index is 12.7. The van der Waals surface area contributed by atoms with E-state index in [4.69, 9.17) is 0 Å². The van der Waals surface area contributed by atoms with Crippen molar-refractivity contribution in [2.75, 3.05) is 19.7 Å². The normalized spacial score (nSPS) is 23.3. The highest BCUT2D eigenvalue weighted by atomic mass is 16.3. The van der Waals surface area contributed by atoms with E-state index in [0.717, 1.165) is 18.4 Å². The monoisotopic (exact) mass is 359 g/mol. The van der Waals surface area contributed by atoms with Gasteiger partial charge in [0.1, 0.15) is 5.60 Å². The summed E-state index contributed by atoms with van der Waals surface area (Å²) in [5, 5.41) is 29.9. The maximum absolute atomic E-state index is 12.7. The molecule has 2 atom stereocenters. The van der Waals surface area contributed by atoms with E-state index in [1.54, 1.807) is 43.0 Å². The van der Waals surface area contributed by atoms with E-state index in [1.165, 1.54) is 0 Å². The Bertz CT molecular complexity index is 681. The van der Waals surface area contributed by atoms with Crippen LogP contribution >= 0.6 is 0 Å². The number of aliphatic hydroxyl groups is 3. The highest BCUT2D eigenvalue weighted by Gasteiger charge is 2.42. The molecule has 2 rings (SSSR count). The minimum atomic E-state index is -1.06. The van der Waals surface area contributed by atoms with Gasteiger partial charge in [-0.3, -0.25) is 4.79 Å². The third kappa shape index (κ3) is 4.85. The molecular weight excluding hydrogens is 330 g/mol. The Morgan fingerprint density at radius 1 is 1.35 bits per heavy atom. The van der Waals surface area contributed by atoms with Crippen molar-refractivity contribution in [3.63, 3.8) is 0 Å². The van der Waals surface area contributed by atoms with Gasteiger partial charge < -0.3 is 20.2 Å². The van der Waals surface area contributed by atoms with Gasteiger partial charge in [0.2, 0.25) is 0 Å². The Morgan fingerprint density at radius 2 is 2.00 bits per heavy atom. The van der Waals surface area contributed by atoms with Crippen LogP contribution in [0.5, 0.6) is 0 Å². The maximum Gasteiger partial charge on any atom is 0.253 e. The summed E-state index contributed by atoms with van der Waals surface area (Å²) >= 11 is 0. The smallest absolute Gasteiger partial charge is 0.253 e. The van der Waals surface area contributed by atoms with Gasteiger partial charge in [0.15, 0.2) is 0 Å².